The number of anilines is 2. The molecule has 7 heteroatoms. The van der Waals surface area contributed by atoms with Crippen LogP contribution in [0.25, 0.3) is 0 Å². The van der Waals surface area contributed by atoms with Crippen LogP contribution >= 0.6 is 0 Å². The largest absolute Gasteiger partial charge is 0.422 e. The first-order valence-electron chi connectivity index (χ1n) is 7.26. The highest BCUT2D eigenvalue weighted by Crippen LogP contribution is 2.34. The average molecular weight is 320 g/mol. The zero-order chi connectivity index (χ0) is 17.6. The van der Waals surface area contributed by atoms with Crippen molar-refractivity contribution in [3.63, 3.8) is 0 Å². The van der Waals surface area contributed by atoms with Gasteiger partial charge in [0.1, 0.15) is 11.4 Å². The van der Waals surface area contributed by atoms with Crippen LogP contribution < -0.4 is 16.2 Å². The molecule has 6 N–H and O–H groups in total. The van der Waals surface area contributed by atoms with Crippen LogP contribution in [0, 0.1) is 0 Å². The van der Waals surface area contributed by atoms with Gasteiger partial charge in [-0.25, -0.2) is 4.98 Å². The van der Waals surface area contributed by atoms with E-state index in [4.69, 9.17) is 16.2 Å². The minimum Gasteiger partial charge on any atom is -0.422 e. The molecule has 2 aromatic rings. The molecular weight excluding hydrogens is 296 g/mol. The maximum absolute atomic E-state index is 10.1. The summed E-state index contributed by atoms with van der Waals surface area (Å²) in [6, 6.07) is 4.90. The van der Waals surface area contributed by atoms with Crippen molar-refractivity contribution >= 4 is 11.5 Å². The van der Waals surface area contributed by atoms with Crippen molar-refractivity contribution in [2.24, 2.45) is 7.05 Å². The van der Waals surface area contributed by atoms with E-state index in [1.54, 1.807) is 57.5 Å². The monoisotopic (exact) mass is 320 g/mol. The van der Waals surface area contributed by atoms with Crippen molar-refractivity contribution in [1.82, 2.24) is 9.55 Å². The summed E-state index contributed by atoms with van der Waals surface area (Å²) in [6.07, 6.45) is 0. The number of nitrogens with two attached hydrogens (primary N) is 2. The summed E-state index contributed by atoms with van der Waals surface area (Å²) in [7, 11) is 1.73. The van der Waals surface area contributed by atoms with Gasteiger partial charge < -0.3 is 31.0 Å². The number of nitrogens with zero attached hydrogens (tertiary/aromatic N) is 2. The molecule has 2 heterocycles. The lowest BCUT2D eigenvalue weighted by Crippen LogP contribution is -2.20. The zero-order valence-electron chi connectivity index (χ0n) is 14.1. The van der Waals surface area contributed by atoms with Crippen LogP contribution in [0.1, 0.15) is 39.0 Å². The number of hydrogen-bond acceptors (Lipinski definition) is 6. The molecule has 0 unspecified atom stereocenters. The summed E-state index contributed by atoms with van der Waals surface area (Å²) in [6.45, 7) is 6.50. The molecule has 0 bridgehead atoms. The lowest BCUT2D eigenvalue weighted by molar-refractivity contribution is 0.0741. The summed E-state index contributed by atoms with van der Waals surface area (Å²) in [4.78, 5) is 4.27. The van der Waals surface area contributed by atoms with Gasteiger partial charge in [0, 0.05) is 24.7 Å². The molecule has 0 aliphatic heterocycles. The van der Waals surface area contributed by atoms with Crippen LogP contribution in [0.5, 0.6) is 11.8 Å². The highest BCUT2D eigenvalue weighted by molar-refractivity contribution is 5.51. The van der Waals surface area contributed by atoms with E-state index < -0.39 is 11.2 Å². The molecule has 0 aliphatic rings. The third-order valence-electron chi connectivity index (χ3n) is 3.58. The van der Waals surface area contributed by atoms with Gasteiger partial charge in [0.2, 0.25) is 11.8 Å². The molecule has 126 valence electrons. The fraction of sp³-hybridized carbons (Fsp3) is 0.438. The summed E-state index contributed by atoms with van der Waals surface area (Å²) < 4.78 is 7.37. The first-order valence-corrected chi connectivity index (χ1v) is 7.26. The van der Waals surface area contributed by atoms with Gasteiger partial charge >= 0.3 is 0 Å². The molecule has 0 saturated heterocycles. The van der Waals surface area contributed by atoms with Crippen molar-refractivity contribution in [3.05, 3.63) is 29.5 Å². The highest BCUT2D eigenvalue weighted by Gasteiger charge is 2.25. The van der Waals surface area contributed by atoms with E-state index >= 15 is 0 Å². The van der Waals surface area contributed by atoms with Gasteiger partial charge in [-0.2, -0.15) is 0 Å². The topological polar surface area (TPSA) is 120 Å². The number of hydrogen-bond donors (Lipinski definition) is 4. The van der Waals surface area contributed by atoms with Crippen molar-refractivity contribution in [2.45, 2.75) is 38.9 Å². The van der Waals surface area contributed by atoms with Crippen LogP contribution in [0.15, 0.2) is 18.2 Å². The van der Waals surface area contributed by atoms with E-state index in [0.29, 0.717) is 28.6 Å². The van der Waals surface area contributed by atoms with E-state index in [2.05, 4.69) is 4.98 Å². The first kappa shape index (κ1) is 17.1. The van der Waals surface area contributed by atoms with Crippen LogP contribution in [0.4, 0.5) is 11.5 Å². The van der Waals surface area contributed by atoms with Gasteiger partial charge in [0.05, 0.1) is 17.0 Å². The maximum Gasteiger partial charge on any atom is 0.221 e. The quantitative estimate of drug-likeness (QED) is 0.682. The molecule has 2 aromatic heterocycles. The van der Waals surface area contributed by atoms with Gasteiger partial charge in [0.25, 0.3) is 0 Å². The summed E-state index contributed by atoms with van der Waals surface area (Å²) in [5.41, 5.74) is 10.9. The Morgan fingerprint density at radius 2 is 1.70 bits per heavy atom. The number of aliphatic hydroxyl groups is 2. The van der Waals surface area contributed by atoms with E-state index in [1.807, 2.05) is 0 Å². The van der Waals surface area contributed by atoms with E-state index in [1.165, 1.54) is 0 Å². The Kier molecular flexibility index (Phi) is 4.04. The SMILES string of the molecule is Cn1c(Oc2ccc(N)c(C(C)(C)O)n2)cc(C(C)(C)O)c1N. The number of ether oxygens (including phenoxy) is 1. The standard InChI is InChI=1S/C16H24N4O3/c1-15(2,21)9-8-12(20(5)14(9)18)23-11-7-6-10(17)13(19-11)16(3,4)22/h6-8,21-22H,17-18H2,1-5H3. The first-order chi connectivity index (χ1) is 10.4. The fourth-order valence-electron chi connectivity index (χ4n) is 2.29. The summed E-state index contributed by atoms with van der Waals surface area (Å²) >= 11 is 0. The average Bonchev–Trinajstić information content (AvgIpc) is 2.68. The predicted molar refractivity (Wildman–Crippen MR) is 89.0 cm³/mol. The van der Waals surface area contributed by atoms with Crippen molar-refractivity contribution in [1.29, 1.82) is 0 Å². The Labute approximate surface area is 135 Å². The number of rotatable bonds is 4. The molecule has 23 heavy (non-hydrogen) atoms. The number of aromatic nitrogens is 2. The Morgan fingerprint density at radius 3 is 2.17 bits per heavy atom. The third kappa shape index (κ3) is 3.40. The molecule has 0 radical (unpaired) electrons. The van der Waals surface area contributed by atoms with Gasteiger partial charge in [-0.3, -0.25) is 0 Å². The number of nitrogen functional groups attached to an aromatic ring is 2. The minimum atomic E-state index is -1.19. The molecule has 0 amide bonds. The molecule has 2 rings (SSSR count). The van der Waals surface area contributed by atoms with Crippen molar-refractivity contribution < 1.29 is 14.9 Å². The molecule has 0 atom stereocenters. The van der Waals surface area contributed by atoms with E-state index in [-0.39, 0.29) is 5.88 Å². The van der Waals surface area contributed by atoms with E-state index in [9.17, 15) is 10.2 Å². The highest BCUT2D eigenvalue weighted by atomic mass is 16.5. The number of pyridine rings is 1. The molecule has 0 fully saturated rings. The van der Waals surface area contributed by atoms with Crippen molar-refractivity contribution in [3.8, 4) is 11.8 Å². The second-order valence-electron chi connectivity index (χ2n) is 6.65. The molecular formula is C16H24N4O3. The second kappa shape index (κ2) is 5.43. The predicted octanol–water partition coefficient (Wildman–Crippen LogP) is 1.83. The summed E-state index contributed by atoms with van der Waals surface area (Å²) in [5, 5.41) is 20.3. The second-order valence-corrected chi connectivity index (χ2v) is 6.65. The summed E-state index contributed by atoms with van der Waals surface area (Å²) in [5.74, 6) is 1.11. The van der Waals surface area contributed by atoms with E-state index in [0.717, 1.165) is 0 Å². The Bertz CT molecular complexity index is 724. The molecule has 0 aliphatic carbocycles. The lowest BCUT2D eigenvalue weighted by Gasteiger charge is -2.19. The van der Waals surface area contributed by atoms with Crippen LogP contribution in [-0.2, 0) is 18.2 Å². The van der Waals surface area contributed by atoms with Gasteiger partial charge in [-0.15, -0.1) is 0 Å². The molecule has 7 nitrogen and oxygen atoms in total. The smallest absolute Gasteiger partial charge is 0.221 e. The third-order valence-corrected chi connectivity index (χ3v) is 3.58. The minimum absolute atomic E-state index is 0.277. The molecule has 0 saturated carbocycles. The fourth-order valence-corrected chi connectivity index (χ4v) is 2.29. The van der Waals surface area contributed by atoms with Gasteiger partial charge in [-0.1, -0.05) is 0 Å². The van der Waals surface area contributed by atoms with Gasteiger partial charge in [-0.05, 0) is 33.8 Å². The Hall–Kier alpha value is -2.25. The van der Waals surface area contributed by atoms with Gasteiger partial charge in [0.15, 0.2) is 0 Å². The Morgan fingerprint density at radius 1 is 1.09 bits per heavy atom. The van der Waals surface area contributed by atoms with Crippen LogP contribution in [0.2, 0.25) is 0 Å². The van der Waals surface area contributed by atoms with Crippen LogP contribution in [-0.4, -0.2) is 19.8 Å². The molecule has 0 spiro atoms. The zero-order valence-corrected chi connectivity index (χ0v) is 14.1. The normalized spacial score (nSPS) is 12.5. The maximum atomic E-state index is 10.1. The lowest BCUT2D eigenvalue weighted by atomic mass is 10.0. The van der Waals surface area contributed by atoms with Crippen molar-refractivity contribution in [2.75, 3.05) is 11.5 Å². The Balaban J connectivity index is 2.41. The van der Waals surface area contributed by atoms with Crippen LogP contribution in [0.3, 0.4) is 0 Å². The molecule has 0 aromatic carbocycles.